The van der Waals surface area contributed by atoms with Crippen LogP contribution >= 0.6 is 11.3 Å². The summed E-state index contributed by atoms with van der Waals surface area (Å²) < 4.78 is 0. The molecule has 21 heavy (non-hydrogen) atoms. The van der Waals surface area contributed by atoms with Crippen molar-refractivity contribution in [2.45, 2.75) is 51.5 Å². The molecule has 0 saturated carbocycles. The summed E-state index contributed by atoms with van der Waals surface area (Å²) >= 11 is 1.83. The van der Waals surface area contributed by atoms with Crippen molar-refractivity contribution >= 4 is 11.3 Å². The normalized spacial score (nSPS) is 23.9. The second-order valence-electron chi connectivity index (χ2n) is 6.75. The summed E-state index contributed by atoms with van der Waals surface area (Å²) in [5.41, 5.74) is 4.12. The topological polar surface area (TPSA) is 24.9 Å². The molecular weight excluding hydrogens is 276 g/mol. The molecule has 1 aromatic carbocycles. The fraction of sp³-hybridized carbons (Fsp3) is 0.500. The van der Waals surface area contributed by atoms with Crippen molar-refractivity contribution in [3.8, 4) is 0 Å². The summed E-state index contributed by atoms with van der Waals surface area (Å²) in [6, 6.07) is 8.87. The van der Waals surface area contributed by atoms with Crippen LogP contribution in [0.1, 0.15) is 53.4 Å². The highest BCUT2D eigenvalue weighted by Crippen LogP contribution is 2.48. The molecule has 1 N–H and O–H groups in total. The van der Waals surface area contributed by atoms with E-state index in [9.17, 15) is 0 Å². The summed E-state index contributed by atoms with van der Waals surface area (Å²) in [5.74, 6) is 0. The molecule has 3 heteroatoms. The van der Waals surface area contributed by atoms with Crippen LogP contribution < -0.4 is 5.32 Å². The van der Waals surface area contributed by atoms with E-state index in [4.69, 9.17) is 4.98 Å². The van der Waals surface area contributed by atoms with Gasteiger partial charge in [-0.1, -0.05) is 38.1 Å². The zero-order chi connectivity index (χ0) is 15.3. The number of aryl methyl sites for hydroxylation is 2. The fourth-order valence-corrected chi connectivity index (χ4v) is 4.61. The standard InChI is InChI=1S/C18H24N2S/c1-12-13(2)21-16(20-12)18(19-5)11-10-17(3,4)14-8-6-7-9-15(14)18/h6-9,19H,10-11H2,1-5H3. The maximum absolute atomic E-state index is 4.88. The predicted molar refractivity (Wildman–Crippen MR) is 90.1 cm³/mol. The molecule has 0 fully saturated rings. The van der Waals surface area contributed by atoms with E-state index in [1.165, 1.54) is 27.4 Å². The van der Waals surface area contributed by atoms with Gasteiger partial charge in [-0.15, -0.1) is 11.3 Å². The Hall–Kier alpha value is -1.19. The van der Waals surface area contributed by atoms with Crippen molar-refractivity contribution < 1.29 is 0 Å². The largest absolute Gasteiger partial charge is 0.305 e. The van der Waals surface area contributed by atoms with Crippen LogP contribution in [0.3, 0.4) is 0 Å². The SMILES string of the molecule is CNC1(c2nc(C)c(C)s2)CCC(C)(C)c2ccccc21. The van der Waals surface area contributed by atoms with E-state index in [2.05, 4.69) is 64.3 Å². The molecular formula is C18H24N2S. The molecule has 0 bridgehead atoms. The van der Waals surface area contributed by atoms with Crippen molar-refractivity contribution in [2.24, 2.45) is 0 Å². The van der Waals surface area contributed by atoms with Crippen LogP contribution in [0.5, 0.6) is 0 Å². The van der Waals surface area contributed by atoms with Crippen molar-refractivity contribution in [3.05, 3.63) is 51.0 Å². The minimum absolute atomic E-state index is 0.129. The van der Waals surface area contributed by atoms with Gasteiger partial charge in [0.15, 0.2) is 0 Å². The van der Waals surface area contributed by atoms with Crippen molar-refractivity contribution in [2.75, 3.05) is 7.05 Å². The van der Waals surface area contributed by atoms with Crippen LogP contribution in [0.25, 0.3) is 0 Å². The van der Waals surface area contributed by atoms with Crippen molar-refractivity contribution in [3.63, 3.8) is 0 Å². The number of fused-ring (bicyclic) bond motifs is 1. The predicted octanol–water partition coefficient (Wildman–Crippen LogP) is 4.29. The van der Waals surface area contributed by atoms with E-state index >= 15 is 0 Å². The van der Waals surface area contributed by atoms with Crippen molar-refractivity contribution in [1.29, 1.82) is 0 Å². The Kier molecular flexibility index (Phi) is 3.45. The molecule has 1 aromatic heterocycles. The van der Waals surface area contributed by atoms with E-state index in [-0.39, 0.29) is 11.0 Å². The molecule has 0 saturated heterocycles. The first-order valence-electron chi connectivity index (χ1n) is 7.64. The zero-order valence-electron chi connectivity index (χ0n) is 13.6. The van der Waals surface area contributed by atoms with Gasteiger partial charge in [0.25, 0.3) is 0 Å². The highest BCUT2D eigenvalue weighted by molar-refractivity contribution is 7.11. The first-order chi connectivity index (χ1) is 9.90. The van der Waals surface area contributed by atoms with Crippen LogP contribution in [0.15, 0.2) is 24.3 Å². The quantitative estimate of drug-likeness (QED) is 0.894. The monoisotopic (exact) mass is 300 g/mol. The van der Waals surface area contributed by atoms with Gasteiger partial charge in [0.2, 0.25) is 0 Å². The van der Waals surface area contributed by atoms with Gasteiger partial charge in [0, 0.05) is 4.88 Å². The second kappa shape index (κ2) is 4.92. The third-order valence-corrected chi connectivity index (χ3v) is 6.30. The molecule has 0 aliphatic heterocycles. The van der Waals surface area contributed by atoms with Gasteiger partial charge in [-0.2, -0.15) is 0 Å². The van der Waals surface area contributed by atoms with E-state index in [1.54, 1.807) is 0 Å². The number of hydrogen-bond donors (Lipinski definition) is 1. The van der Waals surface area contributed by atoms with Gasteiger partial charge in [-0.25, -0.2) is 4.98 Å². The number of hydrogen-bond acceptors (Lipinski definition) is 3. The third-order valence-electron chi connectivity index (χ3n) is 5.06. The van der Waals surface area contributed by atoms with Gasteiger partial charge < -0.3 is 5.32 Å². The minimum Gasteiger partial charge on any atom is -0.305 e. The molecule has 112 valence electrons. The Bertz CT molecular complexity index is 652. The molecule has 1 atom stereocenters. The first kappa shape index (κ1) is 14.7. The van der Waals surface area contributed by atoms with E-state index in [1.807, 2.05) is 11.3 Å². The van der Waals surface area contributed by atoms with Gasteiger partial charge in [0.1, 0.15) is 5.01 Å². The molecule has 1 unspecified atom stereocenters. The van der Waals surface area contributed by atoms with E-state index in [0.717, 1.165) is 12.1 Å². The Balaban J connectivity index is 2.24. The van der Waals surface area contributed by atoms with Crippen LogP contribution in [0.4, 0.5) is 0 Å². The van der Waals surface area contributed by atoms with E-state index < -0.39 is 0 Å². The van der Waals surface area contributed by atoms with Gasteiger partial charge in [0.05, 0.1) is 11.2 Å². The molecule has 0 amide bonds. The number of nitrogens with zero attached hydrogens (tertiary/aromatic N) is 1. The summed E-state index contributed by atoms with van der Waals surface area (Å²) in [5, 5.41) is 4.83. The van der Waals surface area contributed by atoms with Crippen LogP contribution in [0.2, 0.25) is 0 Å². The number of nitrogens with one attached hydrogen (secondary N) is 1. The van der Waals surface area contributed by atoms with Gasteiger partial charge >= 0.3 is 0 Å². The number of benzene rings is 1. The first-order valence-corrected chi connectivity index (χ1v) is 8.46. The summed E-state index contributed by atoms with van der Waals surface area (Å²) in [4.78, 5) is 6.20. The molecule has 0 radical (unpaired) electrons. The van der Waals surface area contributed by atoms with Gasteiger partial charge in [-0.05, 0) is 50.3 Å². The lowest BCUT2D eigenvalue weighted by atomic mass is 9.65. The van der Waals surface area contributed by atoms with Crippen molar-refractivity contribution in [1.82, 2.24) is 10.3 Å². The third kappa shape index (κ3) is 2.14. The Morgan fingerprint density at radius 2 is 1.76 bits per heavy atom. The summed E-state index contributed by atoms with van der Waals surface area (Å²) in [7, 11) is 2.07. The Morgan fingerprint density at radius 1 is 1.10 bits per heavy atom. The minimum atomic E-state index is -0.129. The highest BCUT2D eigenvalue weighted by Gasteiger charge is 2.44. The fourth-order valence-electron chi connectivity index (χ4n) is 3.46. The maximum atomic E-state index is 4.88. The molecule has 2 nitrogen and oxygen atoms in total. The maximum Gasteiger partial charge on any atom is 0.118 e. The van der Waals surface area contributed by atoms with E-state index in [0.29, 0.717) is 0 Å². The lowest BCUT2D eigenvalue weighted by Gasteiger charge is -2.44. The van der Waals surface area contributed by atoms with Crippen LogP contribution in [-0.2, 0) is 11.0 Å². The number of rotatable bonds is 2. The highest BCUT2D eigenvalue weighted by atomic mass is 32.1. The molecule has 2 aromatic rings. The average molecular weight is 300 g/mol. The molecule has 1 aliphatic carbocycles. The molecule has 0 spiro atoms. The average Bonchev–Trinajstić information content (AvgIpc) is 2.80. The lowest BCUT2D eigenvalue weighted by Crippen LogP contribution is -2.47. The smallest absolute Gasteiger partial charge is 0.118 e. The van der Waals surface area contributed by atoms with Crippen LogP contribution in [-0.4, -0.2) is 12.0 Å². The second-order valence-corrected chi connectivity index (χ2v) is 7.95. The van der Waals surface area contributed by atoms with Crippen LogP contribution in [0, 0.1) is 13.8 Å². The number of thiazole rings is 1. The Morgan fingerprint density at radius 3 is 2.33 bits per heavy atom. The van der Waals surface area contributed by atoms with Gasteiger partial charge in [-0.3, -0.25) is 0 Å². The molecule has 1 aliphatic rings. The molecule has 3 rings (SSSR count). The number of aromatic nitrogens is 1. The Labute approximate surface area is 131 Å². The lowest BCUT2D eigenvalue weighted by molar-refractivity contribution is 0.298. The summed E-state index contributed by atoms with van der Waals surface area (Å²) in [6.07, 6.45) is 2.27. The zero-order valence-corrected chi connectivity index (χ0v) is 14.4. The molecule has 1 heterocycles. The summed E-state index contributed by atoms with van der Waals surface area (Å²) in [6.45, 7) is 8.98.